The average molecular weight is 168 g/mol. The Labute approximate surface area is 73.5 Å². The Morgan fingerprint density at radius 2 is 2.42 bits per heavy atom. The van der Waals surface area contributed by atoms with Crippen molar-refractivity contribution in [1.29, 1.82) is 0 Å². The molecule has 0 N–H and O–H groups in total. The Bertz CT molecular complexity index is 188. The summed E-state index contributed by atoms with van der Waals surface area (Å²) in [5, 5.41) is 0. The minimum Gasteiger partial charge on any atom is -0.493 e. The minimum absolute atomic E-state index is 0.0503. The molecule has 68 valence electrons. The van der Waals surface area contributed by atoms with Crippen molar-refractivity contribution in [1.82, 2.24) is 0 Å². The molecule has 0 unspecified atom stereocenters. The highest BCUT2D eigenvalue weighted by Crippen LogP contribution is 2.33. The van der Waals surface area contributed by atoms with Crippen molar-refractivity contribution >= 4 is 0 Å². The summed E-state index contributed by atoms with van der Waals surface area (Å²) in [6, 6.07) is 0. The average Bonchev–Trinajstić information content (AvgIpc) is 2.25. The Kier molecular flexibility index (Phi) is 2.09. The smallest absolute Gasteiger partial charge is 0.131 e. The molecular formula is C10H16O2. The molecule has 0 radical (unpaired) electrons. The third-order valence-corrected chi connectivity index (χ3v) is 2.85. The first-order valence-electron chi connectivity index (χ1n) is 4.76. The molecule has 1 fully saturated rings. The molecule has 2 heterocycles. The van der Waals surface area contributed by atoms with E-state index in [1.807, 2.05) is 6.26 Å². The van der Waals surface area contributed by atoms with Gasteiger partial charge in [-0.05, 0) is 38.7 Å². The van der Waals surface area contributed by atoms with Gasteiger partial charge in [-0.1, -0.05) is 0 Å². The van der Waals surface area contributed by atoms with Gasteiger partial charge in [-0.15, -0.1) is 0 Å². The first kappa shape index (κ1) is 8.11. The monoisotopic (exact) mass is 168 g/mol. The Morgan fingerprint density at radius 3 is 3.33 bits per heavy atom. The van der Waals surface area contributed by atoms with Crippen LogP contribution in [0.25, 0.3) is 0 Å². The van der Waals surface area contributed by atoms with Crippen LogP contribution in [0, 0.1) is 0 Å². The van der Waals surface area contributed by atoms with Gasteiger partial charge in [0.05, 0.1) is 12.4 Å². The number of rotatable bonds is 0. The first-order chi connectivity index (χ1) is 5.81. The van der Waals surface area contributed by atoms with Gasteiger partial charge in [-0.3, -0.25) is 0 Å². The summed E-state index contributed by atoms with van der Waals surface area (Å²) in [5.74, 6) is 0. The van der Waals surface area contributed by atoms with Crippen molar-refractivity contribution in [3.63, 3.8) is 0 Å². The quantitative estimate of drug-likeness (QED) is 0.552. The molecule has 0 aliphatic carbocycles. The predicted octanol–water partition coefficient (Wildman–Crippen LogP) is 2.25. The van der Waals surface area contributed by atoms with E-state index in [4.69, 9.17) is 9.47 Å². The van der Waals surface area contributed by atoms with E-state index in [2.05, 4.69) is 13.0 Å². The zero-order valence-electron chi connectivity index (χ0n) is 7.58. The van der Waals surface area contributed by atoms with E-state index >= 15 is 0 Å². The fourth-order valence-corrected chi connectivity index (χ4v) is 2.03. The molecule has 2 heteroatoms. The lowest BCUT2D eigenvalue weighted by Gasteiger charge is -2.39. The summed E-state index contributed by atoms with van der Waals surface area (Å²) >= 11 is 0. The third-order valence-electron chi connectivity index (χ3n) is 2.85. The normalized spacial score (nSPS) is 41.2. The molecule has 2 atom stereocenters. The topological polar surface area (TPSA) is 18.5 Å². The lowest BCUT2D eigenvalue weighted by atomic mass is 9.88. The highest BCUT2D eigenvalue weighted by atomic mass is 16.5. The fraction of sp³-hybridized carbons (Fsp3) is 0.800. The molecule has 1 saturated heterocycles. The van der Waals surface area contributed by atoms with Gasteiger partial charge in [0, 0.05) is 6.61 Å². The second kappa shape index (κ2) is 3.09. The van der Waals surface area contributed by atoms with Gasteiger partial charge in [0.15, 0.2) is 0 Å². The number of hydrogen-bond acceptors (Lipinski definition) is 2. The van der Waals surface area contributed by atoms with Crippen molar-refractivity contribution in [2.75, 3.05) is 6.61 Å². The molecule has 0 aromatic carbocycles. The van der Waals surface area contributed by atoms with Crippen LogP contribution in [-0.4, -0.2) is 18.3 Å². The standard InChI is InChI=1S/C10H16O2/c1-10-6-4-7-11-9(10)5-2-3-8-12-10/h3,8-9H,2,4-7H2,1H3/t9-,10+/m1/s1. The van der Waals surface area contributed by atoms with Crippen molar-refractivity contribution < 1.29 is 9.47 Å². The van der Waals surface area contributed by atoms with Crippen molar-refractivity contribution in [3.05, 3.63) is 12.3 Å². The van der Waals surface area contributed by atoms with Gasteiger partial charge in [0.25, 0.3) is 0 Å². The zero-order valence-corrected chi connectivity index (χ0v) is 7.58. The first-order valence-corrected chi connectivity index (χ1v) is 4.76. The van der Waals surface area contributed by atoms with Crippen molar-refractivity contribution in [2.24, 2.45) is 0 Å². The van der Waals surface area contributed by atoms with Crippen LogP contribution in [0.1, 0.15) is 32.6 Å². The van der Waals surface area contributed by atoms with E-state index in [1.54, 1.807) is 0 Å². The van der Waals surface area contributed by atoms with E-state index in [0.717, 1.165) is 32.3 Å². The van der Waals surface area contributed by atoms with Crippen LogP contribution in [0.4, 0.5) is 0 Å². The van der Waals surface area contributed by atoms with Crippen molar-refractivity contribution in [3.8, 4) is 0 Å². The van der Waals surface area contributed by atoms with Gasteiger partial charge in [0.1, 0.15) is 5.60 Å². The van der Waals surface area contributed by atoms with Gasteiger partial charge in [0.2, 0.25) is 0 Å². The molecular weight excluding hydrogens is 152 g/mol. The van der Waals surface area contributed by atoms with Crippen molar-refractivity contribution in [2.45, 2.75) is 44.3 Å². The van der Waals surface area contributed by atoms with Gasteiger partial charge in [-0.25, -0.2) is 0 Å². The van der Waals surface area contributed by atoms with Crippen LogP contribution >= 0.6 is 0 Å². The van der Waals surface area contributed by atoms with Crippen LogP contribution in [0.15, 0.2) is 12.3 Å². The molecule has 12 heavy (non-hydrogen) atoms. The minimum atomic E-state index is -0.0503. The maximum atomic E-state index is 5.70. The lowest BCUT2D eigenvalue weighted by Crippen LogP contribution is -2.45. The lowest BCUT2D eigenvalue weighted by molar-refractivity contribution is -0.137. The summed E-state index contributed by atoms with van der Waals surface area (Å²) in [5.41, 5.74) is -0.0503. The molecule has 0 spiro atoms. The highest BCUT2D eigenvalue weighted by Gasteiger charge is 2.39. The fourth-order valence-electron chi connectivity index (χ4n) is 2.03. The summed E-state index contributed by atoms with van der Waals surface area (Å²) in [7, 11) is 0. The Balaban J connectivity index is 2.12. The maximum absolute atomic E-state index is 5.70. The molecule has 0 aromatic heterocycles. The van der Waals surface area contributed by atoms with Gasteiger partial charge in [-0.2, -0.15) is 0 Å². The number of hydrogen-bond donors (Lipinski definition) is 0. The van der Waals surface area contributed by atoms with Crippen LogP contribution in [0.2, 0.25) is 0 Å². The number of ether oxygens (including phenoxy) is 2. The van der Waals surface area contributed by atoms with Gasteiger partial charge < -0.3 is 9.47 Å². The van der Waals surface area contributed by atoms with E-state index in [1.165, 1.54) is 0 Å². The maximum Gasteiger partial charge on any atom is 0.131 e. The predicted molar refractivity (Wildman–Crippen MR) is 46.8 cm³/mol. The molecule has 0 bridgehead atoms. The summed E-state index contributed by atoms with van der Waals surface area (Å²) in [6.45, 7) is 3.07. The van der Waals surface area contributed by atoms with Crippen LogP contribution in [-0.2, 0) is 9.47 Å². The van der Waals surface area contributed by atoms with Gasteiger partial charge >= 0.3 is 0 Å². The molecule has 2 aliphatic rings. The number of allylic oxidation sites excluding steroid dienone is 1. The second-order valence-corrected chi connectivity index (χ2v) is 3.84. The molecule has 2 nitrogen and oxygen atoms in total. The Hall–Kier alpha value is -0.500. The molecule has 0 amide bonds. The van der Waals surface area contributed by atoms with E-state index < -0.39 is 0 Å². The molecule has 0 saturated carbocycles. The van der Waals surface area contributed by atoms with Crippen LogP contribution in [0.5, 0.6) is 0 Å². The molecule has 0 aromatic rings. The SMILES string of the molecule is C[C@]12CCCO[C@@H]1CCC=CO2. The zero-order chi connectivity index (χ0) is 8.44. The Morgan fingerprint density at radius 1 is 1.50 bits per heavy atom. The van der Waals surface area contributed by atoms with Crippen LogP contribution in [0.3, 0.4) is 0 Å². The third kappa shape index (κ3) is 1.36. The molecule has 2 rings (SSSR count). The second-order valence-electron chi connectivity index (χ2n) is 3.84. The largest absolute Gasteiger partial charge is 0.493 e. The number of fused-ring (bicyclic) bond motifs is 1. The van der Waals surface area contributed by atoms with E-state index in [9.17, 15) is 0 Å². The van der Waals surface area contributed by atoms with Crippen LogP contribution < -0.4 is 0 Å². The van der Waals surface area contributed by atoms with E-state index in [-0.39, 0.29) is 5.60 Å². The summed E-state index contributed by atoms with van der Waals surface area (Å²) in [4.78, 5) is 0. The highest BCUT2D eigenvalue weighted by molar-refractivity contribution is 4.95. The van der Waals surface area contributed by atoms with E-state index in [0.29, 0.717) is 6.10 Å². The summed E-state index contributed by atoms with van der Waals surface area (Å²) in [6.07, 6.45) is 8.68. The summed E-state index contributed by atoms with van der Waals surface area (Å²) < 4.78 is 11.4. The molecule has 2 aliphatic heterocycles.